The van der Waals surface area contributed by atoms with Crippen LogP contribution in [0.2, 0.25) is 0 Å². The predicted octanol–water partition coefficient (Wildman–Crippen LogP) is 7.45. The third-order valence-corrected chi connectivity index (χ3v) is 13.0. The second-order valence-corrected chi connectivity index (χ2v) is 19.2. The summed E-state index contributed by atoms with van der Waals surface area (Å²) in [6.07, 6.45) is 0.697. The highest BCUT2D eigenvalue weighted by atomic mass is 32.1. The quantitative estimate of drug-likeness (QED) is 0.0467. The van der Waals surface area contributed by atoms with Gasteiger partial charge in [-0.3, -0.25) is 10.2 Å². The van der Waals surface area contributed by atoms with Crippen LogP contribution in [0.25, 0.3) is 39.1 Å². The minimum atomic E-state index is -1.72. The molecule has 13 N–H and O–H groups in total. The van der Waals surface area contributed by atoms with E-state index in [0.29, 0.717) is 0 Å². The third-order valence-electron chi connectivity index (χ3n) is 11.3. The van der Waals surface area contributed by atoms with E-state index in [4.69, 9.17) is 23.4 Å². The number of thiazole rings is 2. The molecule has 1 aliphatic heterocycles. The lowest BCUT2D eigenvalue weighted by Crippen LogP contribution is -2.31. The molecule has 0 radical (unpaired) electrons. The predicted molar refractivity (Wildman–Crippen MR) is 320 cm³/mol. The van der Waals surface area contributed by atoms with Crippen molar-refractivity contribution in [2.24, 2.45) is 39.9 Å². The zero-order chi connectivity index (χ0) is 63.7. The second kappa shape index (κ2) is 27.0. The maximum Gasteiger partial charge on any atom is 0.274 e. The number of carbonyl (C=O) groups is 1. The molecular weight excluding hydrogens is 1180 g/mol. The molecule has 7 rings (SSSR count). The van der Waals surface area contributed by atoms with Gasteiger partial charge in [0.1, 0.15) is 90.5 Å². The van der Waals surface area contributed by atoms with Crippen LogP contribution in [-0.2, 0) is 4.74 Å². The number of aryl methyl sites for hydroxylation is 2. The Bertz CT molecular complexity index is 4120. The van der Waals surface area contributed by atoms with Gasteiger partial charge in [0.15, 0.2) is 17.4 Å². The van der Waals surface area contributed by atoms with Crippen molar-refractivity contribution in [3.8, 4) is 22.0 Å². The van der Waals surface area contributed by atoms with Crippen molar-refractivity contribution in [2.75, 3.05) is 13.7 Å². The first-order chi connectivity index (χ1) is 41.2. The molecule has 0 aromatic carbocycles. The number of aliphatic hydroxyl groups excluding tert-OH is 11. The highest BCUT2D eigenvalue weighted by Crippen LogP contribution is 2.34. The Hall–Kier alpha value is -11.2. The molecule has 87 heavy (non-hydrogen) atoms. The summed E-state index contributed by atoms with van der Waals surface area (Å²) in [6.45, 7) is 22.6. The zero-order valence-electron chi connectivity index (χ0n) is 46.1. The van der Waals surface area contributed by atoms with E-state index in [1.807, 2.05) is 0 Å². The number of nitrogens with zero attached hydrogens (tertiary/aromatic N) is 14. The van der Waals surface area contributed by atoms with Gasteiger partial charge in [0, 0.05) is 23.4 Å². The summed E-state index contributed by atoms with van der Waals surface area (Å²) in [6, 6.07) is 0.854. The fraction of sp³-hybridized carbons (Fsp3) is 0.170. The lowest BCUT2D eigenvalue weighted by atomic mass is 10.1. The average Bonchev–Trinajstić information content (AvgIpc) is 2.86. The SMILES string of the molecule is C=C(N=C(O)C(=C)N=C(O)C(=C)NC(=O)c1ccc2c(n1)-c1coc(n1)C(=C)N=C(O)C(=C)N=C(O)c1nc(oc1C)/C(=C/C)N=C(O)c1csc(n1)[C@@H](OC)N=C(O)c1nc(oc1C)/C(=C/CO)N=C(O)[C@H]([C@@H](C)O)N=C(O)c1csc-2n1)C(=N)O. The Labute approximate surface area is 497 Å². The highest BCUT2D eigenvalue weighted by Gasteiger charge is 2.28. The summed E-state index contributed by atoms with van der Waals surface area (Å²) in [7, 11) is 1.26. The maximum atomic E-state index is 13.7. The van der Waals surface area contributed by atoms with Gasteiger partial charge in [-0.15, -0.1) is 22.7 Å². The van der Waals surface area contributed by atoms with Crippen molar-refractivity contribution in [2.45, 2.75) is 46.1 Å². The Morgan fingerprint density at radius 2 is 1.38 bits per heavy atom. The number of hydrogen-bond acceptors (Lipinski definition) is 24. The van der Waals surface area contributed by atoms with E-state index >= 15 is 0 Å². The van der Waals surface area contributed by atoms with Gasteiger partial charge < -0.3 is 79.5 Å². The minimum Gasteiger partial charge on any atom is -0.495 e. The number of amides is 1. The van der Waals surface area contributed by atoms with Gasteiger partial charge in [-0.2, -0.15) is 0 Å². The van der Waals surface area contributed by atoms with E-state index in [-0.39, 0.29) is 102 Å². The van der Waals surface area contributed by atoms with Gasteiger partial charge >= 0.3 is 0 Å². The number of ether oxygens (including phenoxy) is 1. The van der Waals surface area contributed by atoms with Crippen molar-refractivity contribution in [1.82, 2.24) is 35.2 Å². The topological polar surface area (TPSA) is 500 Å². The van der Waals surface area contributed by atoms with Gasteiger partial charge in [0.2, 0.25) is 77.0 Å². The molecule has 10 bridgehead atoms. The van der Waals surface area contributed by atoms with E-state index in [9.17, 15) is 61.0 Å². The van der Waals surface area contributed by atoms with Crippen molar-refractivity contribution < 1.29 is 79.0 Å². The van der Waals surface area contributed by atoms with E-state index in [1.54, 1.807) is 6.92 Å². The third kappa shape index (κ3) is 14.8. The molecule has 6 aromatic rings. The molecule has 0 fully saturated rings. The molecule has 1 amide bonds. The van der Waals surface area contributed by atoms with Gasteiger partial charge in [-0.05, 0) is 45.9 Å². The molecule has 34 heteroatoms. The fourth-order valence-electron chi connectivity index (χ4n) is 6.94. The lowest BCUT2D eigenvalue weighted by molar-refractivity contribution is 0.0962. The molecule has 0 saturated heterocycles. The standard InChI is InChI=1S/C53H50N16O16S2/c1-11-28-49-67-35(25(8)84-49)46(80)58-22(5)41(75)59-23(6)48-63-31(16-83-48)37-27(12-13-29(60-37)42(76)57-21(4)40(74)56-20(3)39(73)55-19(2)38(54)72)52-64-33(17-86-52)44(78)66-34(24(7)71)45(79)62-30(14-15-70)50-68-36(26(9)85-50)47(81)69-51(82-10)53-65-32(18-87-53)43(77)61-28/h11-14,16-18,24,34,51,70-71H,2-6,15H2,1,7-10H3,(H2,54,72)(H,55,73)(H,56,74)(H,57,76)(H,58,80)(H,59,75)(H,61,77)(H,62,79)(H,66,78)(H,69,81)/b28-11-,30-14-/t24-,34+,51-/m1/s1. The number of aliphatic hydroxyl groups is 11. The van der Waals surface area contributed by atoms with Crippen LogP contribution in [0.1, 0.15) is 87.5 Å². The van der Waals surface area contributed by atoms with Crippen LogP contribution in [-0.4, -0.2) is 171 Å². The number of carbonyl (C=O) groups excluding carboxylic acids is 1. The van der Waals surface area contributed by atoms with Crippen LogP contribution in [0.3, 0.4) is 0 Å². The van der Waals surface area contributed by atoms with Crippen molar-refractivity contribution in [1.29, 1.82) is 5.41 Å². The molecule has 1 aliphatic rings. The number of methoxy groups -OCH3 is 1. The Kier molecular flexibility index (Phi) is 19.7. The smallest absolute Gasteiger partial charge is 0.274 e. The van der Waals surface area contributed by atoms with E-state index in [1.165, 1.54) is 56.8 Å². The average molecular weight is 1230 g/mol. The maximum absolute atomic E-state index is 13.7. The Morgan fingerprint density at radius 1 is 0.747 bits per heavy atom. The summed E-state index contributed by atoms with van der Waals surface area (Å²) in [5.41, 5.74) is -4.22. The molecule has 0 spiro atoms. The molecule has 0 aliphatic carbocycles. The minimum absolute atomic E-state index is 0.0116. The normalized spacial score (nSPS) is 17.3. The van der Waals surface area contributed by atoms with Gasteiger partial charge in [0.05, 0.1) is 18.4 Å². The molecule has 0 unspecified atom stereocenters. The zero-order valence-corrected chi connectivity index (χ0v) is 47.7. The molecule has 6 aromatic heterocycles. The van der Waals surface area contributed by atoms with Gasteiger partial charge in [-0.25, -0.2) is 69.8 Å². The second-order valence-electron chi connectivity index (χ2n) is 17.4. The van der Waals surface area contributed by atoms with Crippen molar-refractivity contribution in [3.63, 3.8) is 0 Å². The number of fused-ring (bicyclic) bond motifs is 13. The highest BCUT2D eigenvalue weighted by molar-refractivity contribution is 7.13. The van der Waals surface area contributed by atoms with E-state index in [0.717, 1.165) is 35.0 Å². The molecule has 450 valence electrons. The van der Waals surface area contributed by atoms with Crippen molar-refractivity contribution in [3.05, 3.63) is 160 Å². The number of nitrogens with one attached hydrogen (secondary N) is 2. The molecule has 32 nitrogen and oxygen atoms in total. The lowest BCUT2D eigenvalue weighted by Gasteiger charge is -2.14. The summed E-state index contributed by atoms with van der Waals surface area (Å²) >= 11 is 1.87. The Morgan fingerprint density at radius 3 is 2.02 bits per heavy atom. The first kappa shape index (κ1) is 63.4. The van der Waals surface area contributed by atoms with Gasteiger partial charge in [0.25, 0.3) is 5.91 Å². The molecular formula is C53H50N16O16S2. The number of pyridine rings is 1. The van der Waals surface area contributed by atoms with Crippen LogP contribution < -0.4 is 5.32 Å². The van der Waals surface area contributed by atoms with Crippen LogP contribution in [0.15, 0.2) is 150 Å². The van der Waals surface area contributed by atoms with Crippen molar-refractivity contribution >= 4 is 98.8 Å². The molecule has 7 heterocycles. The van der Waals surface area contributed by atoms with Crippen LogP contribution >= 0.6 is 22.7 Å². The largest absolute Gasteiger partial charge is 0.495 e. The van der Waals surface area contributed by atoms with Crippen LogP contribution in [0, 0.1) is 19.3 Å². The Balaban J connectivity index is 1.32. The summed E-state index contributed by atoms with van der Waals surface area (Å²) < 4.78 is 22.7. The number of allylic oxidation sites excluding steroid dienone is 1. The van der Waals surface area contributed by atoms with Crippen LogP contribution in [0.4, 0.5) is 0 Å². The summed E-state index contributed by atoms with van der Waals surface area (Å²) in [4.78, 5) is 71.5. The van der Waals surface area contributed by atoms with E-state index < -0.39 is 107 Å². The summed E-state index contributed by atoms with van der Waals surface area (Å²) in [5.74, 6) is -9.76. The van der Waals surface area contributed by atoms with Gasteiger partial charge in [-0.1, -0.05) is 39.0 Å². The number of aromatic nitrogens is 6. The first-order valence-electron chi connectivity index (χ1n) is 24.5. The fourth-order valence-corrected chi connectivity index (χ4v) is 8.57. The molecule has 0 saturated carbocycles. The summed E-state index contributed by atoms with van der Waals surface area (Å²) in [5, 5.41) is 130. The number of oxazole rings is 3. The first-order valence-corrected chi connectivity index (χ1v) is 26.3. The van der Waals surface area contributed by atoms with Crippen LogP contribution in [0.5, 0.6) is 0 Å². The monoisotopic (exact) mass is 1230 g/mol. The number of hydrogen-bond donors (Lipinski definition) is 13. The molecule has 3 atom stereocenters. The number of aliphatic imine (C=N–C) groups is 8. The number of rotatable bonds is 10. The van der Waals surface area contributed by atoms with E-state index in [2.05, 4.69) is 108 Å².